The maximum atomic E-state index is 13.8. The van der Waals surface area contributed by atoms with Crippen LogP contribution in [0.4, 0.5) is 4.39 Å². The Morgan fingerprint density at radius 3 is 2.23 bits per heavy atom. The van der Waals surface area contributed by atoms with Gasteiger partial charge in [0.1, 0.15) is 5.82 Å². The minimum absolute atomic E-state index is 0.177. The quantitative estimate of drug-likeness (QED) is 0.705. The summed E-state index contributed by atoms with van der Waals surface area (Å²) in [6, 6.07) is 15.0. The van der Waals surface area contributed by atoms with Gasteiger partial charge in [0.2, 0.25) is 0 Å². The average Bonchev–Trinajstić information content (AvgIpc) is 2.56. The molecule has 0 fully saturated rings. The molecule has 2 rings (SSSR count). The summed E-state index contributed by atoms with van der Waals surface area (Å²) >= 11 is 0. The molecule has 22 heavy (non-hydrogen) atoms. The highest BCUT2D eigenvalue weighted by molar-refractivity contribution is 5.69. The Labute approximate surface area is 133 Å². The molecule has 2 aromatic carbocycles. The van der Waals surface area contributed by atoms with Gasteiger partial charge in [0.05, 0.1) is 0 Å². The number of likely N-dealkylation sites (N-methyl/N-ethyl adjacent to an activating group) is 1. The second kappa shape index (κ2) is 7.90. The lowest BCUT2D eigenvalue weighted by atomic mass is 10.0. The van der Waals surface area contributed by atoms with E-state index >= 15 is 0 Å². The number of halogens is 1. The standard InChI is InChI=1S/C20H24FN/c1-4-22(5-2)15-14-16(3)17-10-12-18(13-11-17)19-8-6-7-9-20(19)21/h6-14H,4-5,15H2,1-3H3/b16-14-. The van der Waals surface area contributed by atoms with Crippen molar-refractivity contribution in [3.8, 4) is 11.1 Å². The smallest absolute Gasteiger partial charge is 0.131 e. The number of hydrogen-bond acceptors (Lipinski definition) is 1. The number of allylic oxidation sites excluding steroid dienone is 1. The maximum Gasteiger partial charge on any atom is 0.131 e. The molecule has 0 atom stereocenters. The van der Waals surface area contributed by atoms with Gasteiger partial charge in [-0.1, -0.05) is 62.4 Å². The number of nitrogens with zero attached hydrogens (tertiary/aromatic N) is 1. The van der Waals surface area contributed by atoms with Gasteiger partial charge in [0, 0.05) is 12.1 Å². The molecular weight excluding hydrogens is 273 g/mol. The van der Waals surface area contributed by atoms with Crippen LogP contribution in [0, 0.1) is 5.82 Å². The molecule has 0 saturated carbocycles. The van der Waals surface area contributed by atoms with E-state index in [9.17, 15) is 4.39 Å². The molecule has 0 radical (unpaired) electrons. The molecular formula is C20H24FN. The first-order valence-electron chi connectivity index (χ1n) is 7.90. The van der Waals surface area contributed by atoms with Crippen molar-refractivity contribution < 1.29 is 4.39 Å². The van der Waals surface area contributed by atoms with Gasteiger partial charge in [0.15, 0.2) is 0 Å². The molecule has 2 aromatic rings. The Kier molecular flexibility index (Phi) is 5.91. The number of hydrogen-bond donors (Lipinski definition) is 0. The van der Waals surface area contributed by atoms with E-state index in [1.807, 2.05) is 24.3 Å². The van der Waals surface area contributed by atoms with Crippen LogP contribution in [-0.4, -0.2) is 24.5 Å². The molecule has 0 aliphatic rings. The zero-order valence-electron chi connectivity index (χ0n) is 13.6. The molecule has 0 unspecified atom stereocenters. The summed E-state index contributed by atoms with van der Waals surface area (Å²) in [5.41, 5.74) is 4.01. The summed E-state index contributed by atoms with van der Waals surface area (Å²) in [5.74, 6) is -0.177. The van der Waals surface area contributed by atoms with Crippen molar-refractivity contribution in [3.63, 3.8) is 0 Å². The molecule has 0 aromatic heterocycles. The molecule has 0 heterocycles. The van der Waals surface area contributed by atoms with E-state index in [-0.39, 0.29) is 5.82 Å². The lowest BCUT2D eigenvalue weighted by molar-refractivity contribution is 0.337. The Bertz CT molecular complexity index is 624. The van der Waals surface area contributed by atoms with Gasteiger partial charge in [-0.2, -0.15) is 0 Å². The first kappa shape index (κ1) is 16.4. The van der Waals surface area contributed by atoms with Crippen LogP contribution >= 0.6 is 0 Å². The van der Waals surface area contributed by atoms with E-state index in [1.54, 1.807) is 6.07 Å². The molecule has 0 spiro atoms. The zero-order valence-corrected chi connectivity index (χ0v) is 13.6. The highest BCUT2D eigenvalue weighted by Gasteiger charge is 2.04. The van der Waals surface area contributed by atoms with Crippen molar-refractivity contribution in [2.45, 2.75) is 20.8 Å². The van der Waals surface area contributed by atoms with Crippen LogP contribution in [0.25, 0.3) is 16.7 Å². The van der Waals surface area contributed by atoms with Gasteiger partial charge in [-0.15, -0.1) is 0 Å². The molecule has 0 amide bonds. The summed E-state index contributed by atoms with van der Waals surface area (Å²) in [5, 5.41) is 0. The van der Waals surface area contributed by atoms with Gasteiger partial charge >= 0.3 is 0 Å². The fourth-order valence-corrected chi connectivity index (χ4v) is 2.47. The van der Waals surface area contributed by atoms with Crippen molar-refractivity contribution in [2.75, 3.05) is 19.6 Å². The largest absolute Gasteiger partial charge is 0.300 e. The molecule has 0 saturated heterocycles. The molecule has 0 N–H and O–H groups in total. The third-order valence-corrected chi connectivity index (χ3v) is 4.08. The van der Waals surface area contributed by atoms with Crippen molar-refractivity contribution >= 4 is 5.57 Å². The maximum absolute atomic E-state index is 13.8. The normalized spacial score (nSPS) is 12.0. The lowest BCUT2D eigenvalue weighted by Gasteiger charge is -2.16. The summed E-state index contributed by atoms with van der Waals surface area (Å²) in [7, 11) is 0. The van der Waals surface area contributed by atoms with Gasteiger partial charge in [-0.25, -0.2) is 4.39 Å². The Hall–Kier alpha value is -1.93. The van der Waals surface area contributed by atoms with Crippen LogP contribution in [0.3, 0.4) is 0 Å². The van der Waals surface area contributed by atoms with E-state index in [1.165, 1.54) is 17.2 Å². The Morgan fingerprint density at radius 1 is 1.00 bits per heavy atom. The fourth-order valence-electron chi connectivity index (χ4n) is 2.47. The van der Waals surface area contributed by atoms with Crippen molar-refractivity contribution in [3.05, 3.63) is 66.0 Å². The van der Waals surface area contributed by atoms with Gasteiger partial charge in [0.25, 0.3) is 0 Å². The van der Waals surface area contributed by atoms with Gasteiger partial charge < -0.3 is 4.90 Å². The second-order valence-corrected chi connectivity index (χ2v) is 5.43. The molecule has 116 valence electrons. The minimum atomic E-state index is -0.177. The molecule has 0 aliphatic carbocycles. The summed E-state index contributed by atoms with van der Waals surface area (Å²) in [6.07, 6.45) is 2.26. The van der Waals surface area contributed by atoms with Crippen LogP contribution < -0.4 is 0 Å². The minimum Gasteiger partial charge on any atom is -0.300 e. The monoisotopic (exact) mass is 297 g/mol. The molecule has 0 aliphatic heterocycles. The summed E-state index contributed by atoms with van der Waals surface area (Å²) in [4.78, 5) is 2.37. The summed E-state index contributed by atoms with van der Waals surface area (Å²) in [6.45, 7) is 9.57. The van der Waals surface area contributed by atoms with Crippen molar-refractivity contribution in [1.82, 2.24) is 4.90 Å². The van der Waals surface area contributed by atoms with Crippen molar-refractivity contribution in [2.24, 2.45) is 0 Å². The van der Waals surface area contributed by atoms with E-state index in [2.05, 4.69) is 43.9 Å². The number of rotatable bonds is 6. The molecule has 0 bridgehead atoms. The van der Waals surface area contributed by atoms with E-state index in [0.29, 0.717) is 5.56 Å². The Balaban J connectivity index is 2.15. The first-order valence-corrected chi connectivity index (χ1v) is 7.90. The highest BCUT2D eigenvalue weighted by atomic mass is 19.1. The number of benzene rings is 2. The van der Waals surface area contributed by atoms with Crippen LogP contribution in [0.15, 0.2) is 54.6 Å². The zero-order chi connectivity index (χ0) is 15.9. The van der Waals surface area contributed by atoms with Crippen LogP contribution in [0.1, 0.15) is 26.3 Å². The van der Waals surface area contributed by atoms with E-state index in [0.717, 1.165) is 25.2 Å². The lowest BCUT2D eigenvalue weighted by Crippen LogP contribution is -2.22. The SMILES string of the molecule is CCN(CC)C/C=C(/C)c1ccc(-c2ccccc2F)cc1. The predicted molar refractivity (Wildman–Crippen MR) is 93.3 cm³/mol. The average molecular weight is 297 g/mol. The van der Waals surface area contributed by atoms with Crippen LogP contribution in [-0.2, 0) is 0 Å². The van der Waals surface area contributed by atoms with Gasteiger partial charge in [-0.05, 0) is 42.8 Å². The third-order valence-electron chi connectivity index (χ3n) is 4.08. The fraction of sp³-hybridized carbons (Fsp3) is 0.300. The summed E-state index contributed by atoms with van der Waals surface area (Å²) < 4.78 is 13.8. The molecule has 1 nitrogen and oxygen atoms in total. The van der Waals surface area contributed by atoms with Gasteiger partial charge in [-0.3, -0.25) is 0 Å². The van der Waals surface area contributed by atoms with E-state index in [4.69, 9.17) is 0 Å². The van der Waals surface area contributed by atoms with Crippen molar-refractivity contribution in [1.29, 1.82) is 0 Å². The van der Waals surface area contributed by atoms with Crippen LogP contribution in [0.2, 0.25) is 0 Å². The molecule has 2 heteroatoms. The van der Waals surface area contributed by atoms with E-state index < -0.39 is 0 Å². The first-order chi connectivity index (χ1) is 10.7. The third kappa shape index (κ3) is 4.05. The highest BCUT2D eigenvalue weighted by Crippen LogP contribution is 2.24. The Morgan fingerprint density at radius 2 is 1.64 bits per heavy atom. The second-order valence-electron chi connectivity index (χ2n) is 5.43. The topological polar surface area (TPSA) is 3.24 Å². The predicted octanol–water partition coefficient (Wildman–Crippen LogP) is 5.24. The van der Waals surface area contributed by atoms with Crippen LogP contribution in [0.5, 0.6) is 0 Å².